The first kappa shape index (κ1) is 14.5. The molecule has 4 heteroatoms. The Morgan fingerprint density at radius 2 is 1.90 bits per heavy atom. The van der Waals surface area contributed by atoms with Gasteiger partial charge in [0.05, 0.1) is 4.88 Å². The average molecular weight is 287 g/mol. The molecular formula is C16H17NO2S. The zero-order valence-corrected chi connectivity index (χ0v) is 12.4. The number of Topliss-reactive ketones (excluding diaryl/α,β-unsaturated/α-hetero) is 1. The Morgan fingerprint density at radius 3 is 2.50 bits per heavy atom. The van der Waals surface area contributed by atoms with Gasteiger partial charge in [-0.2, -0.15) is 0 Å². The van der Waals surface area contributed by atoms with E-state index in [1.54, 1.807) is 12.1 Å². The largest absolute Gasteiger partial charge is 0.348 e. The van der Waals surface area contributed by atoms with Crippen molar-refractivity contribution in [3.8, 4) is 0 Å². The van der Waals surface area contributed by atoms with Crippen LogP contribution in [0, 0.1) is 6.92 Å². The van der Waals surface area contributed by atoms with Gasteiger partial charge in [0.1, 0.15) is 0 Å². The molecule has 1 atom stereocenters. The number of amides is 1. The standard InChI is InChI=1S/C16H17NO2S/c1-11-8-9-20-15(11)16(19)17-12(2)10-14(18)13-6-4-3-5-7-13/h3-9,12H,10H2,1-2H3,(H,17,19). The Kier molecular flexibility index (Phi) is 4.69. The van der Waals surface area contributed by atoms with Crippen molar-refractivity contribution in [1.82, 2.24) is 5.32 Å². The average Bonchev–Trinajstić information content (AvgIpc) is 2.86. The van der Waals surface area contributed by atoms with Gasteiger partial charge < -0.3 is 5.32 Å². The highest BCUT2D eigenvalue weighted by Crippen LogP contribution is 2.15. The fraction of sp³-hybridized carbons (Fsp3) is 0.250. The molecular weight excluding hydrogens is 270 g/mol. The van der Waals surface area contributed by atoms with Crippen molar-refractivity contribution in [3.05, 3.63) is 57.8 Å². The van der Waals surface area contributed by atoms with Crippen LogP contribution in [0.4, 0.5) is 0 Å². The first-order chi connectivity index (χ1) is 9.58. The van der Waals surface area contributed by atoms with Crippen molar-refractivity contribution in [3.63, 3.8) is 0 Å². The summed E-state index contributed by atoms with van der Waals surface area (Å²) < 4.78 is 0. The van der Waals surface area contributed by atoms with E-state index < -0.39 is 0 Å². The Balaban J connectivity index is 1.93. The monoisotopic (exact) mass is 287 g/mol. The highest BCUT2D eigenvalue weighted by Gasteiger charge is 2.16. The molecule has 0 saturated heterocycles. The van der Waals surface area contributed by atoms with Gasteiger partial charge in [-0.15, -0.1) is 11.3 Å². The van der Waals surface area contributed by atoms with E-state index in [-0.39, 0.29) is 17.7 Å². The molecule has 3 nitrogen and oxygen atoms in total. The molecule has 0 fully saturated rings. The summed E-state index contributed by atoms with van der Waals surface area (Å²) in [7, 11) is 0. The highest BCUT2D eigenvalue weighted by atomic mass is 32.1. The summed E-state index contributed by atoms with van der Waals surface area (Å²) in [5, 5.41) is 4.77. The number of rotatable bonds is 5. The summed E-state index contributed by atoms with van der Waals surface area (Å²) in [5.74, 6) is -0.0628. The summed E-state index contributed by atoms with van der Waals surface area (Å²) in [6, 6.07) is 10.9. The van der Waals surface area contributed by atoms with Crippen LogP contribution in [0.5, 0.6) is 0 Å². The van der Waals surface area contributed by atoms with Gasteiger partial charge in [-0.25, -0.2) is 0 Å². The zero-order valence-electron chi connectivity index (χ0n) is 11.6. The molecule has 2 aromatic rings. The highest BCUT2D eigenvalue weighted by molar-refractivity contribution is 7.12. The molecule has 1 amide bonds. The van der Waals surface area contributed by atoms with Crippen LogP contribution < -0.4 is 5.32 Å². The second-order valence-electron chi connectivity index (χ2n) is 4.80. The topological polar surface area (TPSA) is 46.2 Å². The number of carbonyl (C=O) groups excluding carboxylic acids is 2. The molecule has 2 rings (SSSR count). The van der Waals surface area contributed by atoms with Crippen LogP contribution >= 0.6 is 11.3 Å². The lowest BCUT2D eigenvalue weighted by molar-refractivity contribution is 0.0921. The van der Waals surface area contributed by atoms with Gasteiger partial charge in [-0.1, -0.05) is 30.3 Å². The van der Waals surface area contributed by atoms with Crippen LogP contribution in [0.15, 0.2) is 41.8 Å². The molecule has 0 aliphatic heterocycles. The van der Waals surface area contributed by atoms with Crippen LogP contribution in [-0.2, 0) is 0 Å². The lowest BCUT2D eigenvalue weighted by Gasteiger charge is -2.13. The van der Waals surface area contributed by atoms with Gasteiger partial charge in [-0.05, 0) is 30.9 Å². The zero-order chi connectivity index (χ0) is 14.5. The molecule has 0 spiro atoms. The molecule has 0 radical (unpaired) electrons. The number of thiophene rings is 1. The third-order valence-corrected chi connectivity index (χ3v) is 4.05. The van der Waals surface area contributed by atoms with E-state index in [0.717, 1.165) is 5.56 Å². The lowest BCUT2D eigenvalue weighted by atomic mass is 10.0. The SMILES string of the molecule is Cc1ccsc1C(=O)NC(C)CC(=O)c1ccccc1. The van der Waals surface area contributed by atoms with E-state index in [4.69, 9.17) is 0 Å². The van der Waals surface area contributed by atoms with Crippen LogP contribution in [0.2, 0.25) is 0 Å². The number of nitrogens with one attached hydrogen (secondary N) is 1. The number of benzene rings is 1. The predicted octanol–water partition coefficient (Wildman–Crippen LogP) is 3.45. The fourth-order valence-electron chi connectivity index (χ4n) is 1.97. The third-order valence-electron chi connectivity index (χ3n) is 3.03. The predicted molar refractivity (Wildman–Crippen MR) is 81.4 cm³/mol. The summed E-state index contributed by atoms with van der Waals surface area (Å²) in [6.45, 7) is 3.76. The second-order valence-corrected chi connectivity index (χ2v) is 5.72. The smallest absolute Gasteiger partial charge is 0.261 e. The van der Waals surface area contributed by atoms with Crippen molar-refractivity contribution in [2.75, 3.05) is 0 Å². The van der Waals surface area contributed by atoms with Crippen molar-refractivity contribution in [2.45, 2.75) is 26.3 Å². The summed E-state index contributed by atoms with van der Waals surface area (Å²) in [4.78, 5) is 24.8. The van der Waals surface area contributed by atoms with Crippen molar-refractivity contribution >= 4 is 23.0 Å². The Hall–Kier alpha value is -1.94. The van der Waals surface area contributed by atoms with Gasteiger partial charge >= 0.3 is 0 Å². The number of ketones is 1. The van der Waals surface area contributed by atoms with Crippen LogP contribution in [0.25, 0.3) is 0 Å². The van der Waals surface area contributed by atoms with E-state index in [1.165, 1.54) is 11.3 Å². The molecule has 1 heterocycles. The molecule has 0 aliphatic rings. The Bertz CT molecular complexity index is 604. The maximum atomic E-state index is 12.0. The fourth-order valence-corrected chi connectivity index (χ4v) is 2.79. The number of hydrogen-bond acceptors (Lipinski definition) is 3. The second kappa shape index (κ2) is 6.48. The molecule has 1 aromatic carbocycles. The van der Waals surface area contributed by atoms with Gasteiger partial charge in [-0.3, -0.25) is 9.59 Å². The Morgan fingerprint density at radius 1 is 1.20 bits per heavy atom. The van der Waals surface area contributed by atoms with Gasteiger partial charge in [0.15, 0.2) is 5.78 Å². The normalized spacial score (nSPS) is 11.9. The number of aryl methyl sites for hydroxylation is 1. The van der Waals surface area contributed by atoms with Crippen molar-refractivity contribution in [1.29, 1.82) is 0 Å². The van der Waals surface area contributed by atoms with E-state index in [9.17, 15) is 9.59 Å². The van der Waals surface area contributed by atoms with E-state index in [0.29, 0.717) is 16.9 Å². The van der Waals surface area contributed by atoms with Gasteiger partial charge in [0.2, 0.25) is 0 Å². The minimum atomic E-state index is -0.184. The summed E-state index contributed by atoms with van der Waals surface area (Å²) in [6.07, 6.45) is 0.306. The summed E-state index contributed by atoms with van der Waals surface area (Å²) in [5.41, 5.74) is 1.65. The first-order valence-corrected chi connectivity index (χ1v) is 7.39. The minimum absolute atomic E-state index is 0.0429. The van der Waals surface area contributed by atoms with Crippen LogP contribution in [0.3, 0.4) is 0 Å². The maximum Gasteiger partial charge on any atom is 0.261 e. The molecule has 1 aromatic heterocycles. The van der Waals surface area contributed by atoms with Gasteiger partial charge in [0, 0.05) is 18.0 Å². The molecule has 0 saturated carbocycles. The van der Waals surface area contributed by atoms with Crippen molar-refractivity contribution in [2.24, 2.45) is 0 Å². The molecule has 0 bridgehead atoms. The number of hydrogen-bond donors (Lipinski definition) is 1. The van der Waals surface area contributed by atoms with Crippen molar-refractivity contribution < 1.29 is 9.59 Å². The van der Waals surface area contributed by atoms with Crippen LogP contribution in [-0.4, -0.2) is 17.7 Å². The summed E-state index contributed by atoms with van der Waals surface area (Å²) >= 11 is 1.42. The molecule has 1 N–H and O–H groups in total. The Labute approximate surface area is 122 Å². The molecule has 1 unspecified atom stereocenters. The lowest BCUT2D eigenvalue weighted by Crippen LogP contribution is -2.34. The third kappa shape index (κ3) is 3.54. The number of carbonyl (C=O) groups is 2. The van der Waals surface area contributed by atoms with E-state index in [1.807, 2.05) is 43.5 Å². The maximum absolute atomic E-state index is 12.0. The quantitative estimate of drug-likeness (QED) is 0.856. The van der Waals surface area contributed by atoms with Gasteiger partial charge in [0.25, 0.3) is 5.91 Å². The van der Waals surface area contributed by atoms with E-state index in [2.05, 4.69) is 5.32 Å². The first-order valence-electron chi connectivity index (χ1n) is 6.51. The minimum Gasteiger partial charge on any atom is -0.348 e. The molecule has 104 valence electrons. The van der Waals surface area contributed by atoms with E-state index >= 15 is 0 Å². The molecule has 0 aliphatic carbocycles. The van der Waals surface area contributed by atoms with Crippen LogP contribution in [0.1, 0.15) is 38.9 Å². The molecule has 20 heavy (non-hydrogen) atoms.